The SMILES string of the molecule is O=S1(=O)SC2CCCC1C2O. The van der Waals surface area contributed by atoms with E-state index >= 15 is 0 Å². The van der Waals surface area contributed by atoms with E-state index in [1.165, 1.54) is 0 Å². The van der Waals surface area contributed by atoms with Crippen LogP contribution < -0.4 is 0 Å². The molecule has 1 aliphatic heterocycles. The van der Waals surface area contributed by atoms with Gasteiger partial charge >= 0.3 is 0 Å². The molecule has 11 heavy (non-hydrogen) atoms. The Labute approximate surface area is 69.5 Å². The predicted molar refractivity (Wildman–Crippen MR) is 43.9 cm³/mol. The minimum atomic E-state index is -3.01. The van der Waals surface area contributed by atoms with E-state index in [0.717, 1.165) is 23.6 Å². The van der Waals surface area contributed by atoms with Gasteiger partial charge in [0, 0.05) is 5.25 Å². The molecule has 2 fully saturated rings. The fourth-order valence-electron chi connectivity index (χ4n) is 1.76. The summed E-state index contributed by atoms with van der Waals surface area (Å²) < 4.78 is 22.5. The molecule has 5 heteroatoms. The molecule has 64 valence electrons. The summed E-state index contributed by atoms with van der Waals surface area (Å²) in [6.45, 7) is 0. The number of aliphatic hydroxyl groups is 1. The quantitative estimate of drug-likeness (QED) is 0.565. The third-order valence-electron chi connectivity index (χ3n) is 2.37. The molecule has 2 rings (SSSR count). The summed E-state index contributed by atoms with van der Waals surface area (Å²) in [6, 6.07) is 0. The maximum absolute atomic E-state index is 11.3. The van der Waals surface area contributed by atoms with Crippen molar-refractivity contribution in [1.82, 2.24) is 0 Å². The summed E-state index contributed by atoms with van der Waals surface area (Å²) in [4.78, 5) is 0. The Bertz CT molecular complexity index is 259. The van der Waals surface area contributed by atoms with E-state index in [1.54, 1.807) is 0 Å². The first-order chi connectivity index (χ1) is 5.11. The fourth-order valence-corrected chi connectivity index (χ4v) is 6.63. The van der Waals surface area contributed by atoms with Crippen molar-refractivity contribution in [3.05, 3.63) is 0 Å². The smallest absolute Gasteiger partial charge is 0.207 e. The maximum atomic E-state index is 11.3. The van der Waals surface area contributed by atoms with E-state index < -0.39 is 20.2 Å². The second-order valence-electron chi connectivity index (χ2n) is 3.09. The third-order valence-corrected chi connectivity index (χ3v) is 6.94. The molecule has 2 aliphatic rings. The third kappa shape index (κ3) is 1.10. The maximum Gasteiger partial charge on any atom is 0.207 e. The zero-order chi connectivity index (χ0) is 8.06. The van der Waals surface area contributed by atoms with Gasteiger partial charge in [-0.15, -0.1) is 0 Å². The largest absolute Gasteiger partial charge is 0.391 e. The molecular formula is C6H10O3S2. The van der Waals surface area contributed by atoms with E-state index in [0.29, 0.717) is 6.42 Å². The van der Waals surface area contributed by atoms with E-state index in [1.807, 2.05) is 0 Å². The molecule has 1 N–H and O–H groups in total. The molecule has 0 aromatic rings. The van der Waals surface area contributed by atoms with Crippen LogP contribution in [-0.2, 0) is 8.87 Å². The molecule has 0 amide bonds. The van der Waals surface area contributed by atoms with Crippen molar-refractivity contribution in [1.29, 1.82) is 0 Å². The molecule has 0 aromatic carbocycles. The highest BCUT2D eigenvalue weighted by Gasteiger charge is 2.49. The summed E-state index contributed by atoms with van der Waals surface area (Å²) in [6.07, 6.45) is 1.84. The van der Waals surface area contributed by atoms with Crippen LogP contribution in [0.4, 0.5) is 0 Å². The Morgan fingerprint density at radius 3 is 2.64 bits per heavy atom. The van der Waals surface area contributed by atoms with Crippen LogP contribution in [0.25, 0.3) is 0 Å². The Morgan fingerprint density at radius 1 is 1.36 bits per heavy atom. The molecule has 3 nitrogen and oxygen atoms in total. The Kier molecular flexibility index (Phi) is 1.70. The van der Waals surface area contributed by atoms with Crippen LogP contribution in [0.5, 0.6) is 0 Å². The highest BCUT2D eigenvalue weighted by atomic mass is 33.1. The van der Waals surface area contributed by atoms with E-state index in [9.17, 15) is 13.5 Å². The monoisotopic (exact) mass is 194 g/mol. The van der Waals surface area contributed by atoms with Crippen LogP contribution in [0, 0.1) is 0 Å². The van der Waals surface area contributed by atoms with Crippen molar-refractivity contribution >= 4 is 19.7 Å². The lowest BCUT2D eigenvalue weighted by atomic mass is 9.97. The van der Waals surface area contributed by atoms with Crippen LogP contribution in [0.15, 0.2) is 0 Å². The zero-order valence-corrected chi connectivity index (χ0v) is 7.57. The van der Waals surface area contributed by atoms with Gasteiger partial charge in [0.25, 0.3) is 0 Å². The van der Waals surface area contributed by atoms with Gasteiger partial charge in [-0.1, -0.05) is 6.42 Å². The van der Waals surface area contributed by atoms with Crippen molar-refractivity contribution in [3.8, 4) is 0 Å². The number of fused-ring (bicyclic) bond motifs is 2. The zero-order valence-electron chi connectivity index (χ0n) is 5.93. The molecule has 1 saturated carbocycles. The highest BCUT2D eigenvalue weighted by molar-refractivity contribution is 8.73. The molecule has 0 radical (unpaired) electrons. The van der Waals surface area contributed by atoms with Gasteiger partial charge in [-0.25, -0.2) is 8.42 Å². The van der Waals surface area contributed by atoms with Gasteiger partial charge in [0.2, 0.25) is 8.87 Å². The molecule has 2 bridgehead atoms. The Hall–Kier alpha value is 0.260. The van der Waals surface area contributed by atoms with Crippen molar-refractivity contribution in [2.45, 2.75) is 35.9 Å². The first-order valence-electron chi connectivity index (χ1n) is 3.71. The average molecular weight is 194 g/mol. The normalized spacial score (nSPS) is 47.5. The van der Waals surface area contributed by atoms with E-state index in [2.05, 4.69) is 0 Å². The standard InChI is InChI=1S/C6H10O3S2/c7-6-4-2-1-3-5(6)11(8,9)10-4/h4-7H,1-3H2. The minimum Gasteiger partial charge on any atom is -0.391 e. The number of hydrogen-bond acceptors (Lipinski definition) is 4. The second kappa shape index (κ2) is 2.37. The van der Waals surface area contributed by atoms with Gasteiger partial charge < -0.3 is 5.11 Å². The van der Waals surface area contributed by atoms with Gasteiger partial charge in [0.05, 0.1) is 11.4 Å². The van der Waals surface area contributed by atoms with Crippen LogP contribution >= 0.6 is 10.8 Å². The second-order valence-corrected chi connectivity index (χ2v) is 7.45. The van der Waals surface area contributed by atoms with Gasteiger partial charge in [-0.05, 0) is 23.6 Å². The van der Waals surface area contributed by atoms with Crippen molar-refractivity contribution in [3.63, 3.8) is 0 Å². The Morgan fingerprint density at radius 2 is 2.09 bits per heavy atom. The highest BCUT2D eigenvalue weighted by Crippen LogP contribution is 2.45. The molecular weight excluding hydrogens is 184 g/mol. The first kappa shape index (κ1) is 7.89. The van der Waals surface area contributed by atoms with Gasteiger partial charge in [0.15, 0.2) is 0 Å². The van der Waals surface area contributed by atoms with Gasteiger partial charge in [-0.3, -0.25) is 0 Å². The summed E-state index contributed by atoms with van der Waals surface area (Å²) in [7, 11) is -2.04. The number of aliphatic hydroxyl groups excluding tert-OH is 1. The molecule has 1 saturated heterocycles. The van der Waals surface area contributed by atoms with Crippen LogP contribution in [0.3, 0.4) is 0 Å². The van der Waals surface area contributed by atoms with Gasteiger partial charge in [-0.2, -0.15) is 0 Å². The first-order valence-corrected chi connectivity index (χ1v) is 6.66. The lowest BCUT2D eigenvalue weighted by Crippen LogP contribution is -2.34. The molecule has 3 atom stereocenters. The Balaban J connectivity index is 2.37. The molecule has 3 unspecified atom stereocenters. The van der Waals surface area contributed by atoms with Crippen LogP contribution in [-0.4, -0.2) is 30.1 Å². The topological polar surface area (TPSA) is 54.4 Å². The van der Waals surface area contributed by atoms with Crippen molar-refractivity contribution in [2.24, 2.45) is 0 Å². The molecule has 0 spiro atoms. The summed E-state index contributed by atoms with van der Waals surface area (Å²) in [5, 5.41) is 8.94. The average Bonchev–Trinajstić information content (AvgIpc) is 2.11. The predicted octanol–water partition coefficient (Wildman–Crippen LogP) is 0.345. The van der Waals surface area contributed by atoms with Crippen LogP contribution in [0.2, 0.25) is 0 Å². The minimum absolute atomic E-state index is 0.0428. The molecule has 1 heterocycles. The van der Waals surface area contributed by atoms with Crippen LogP contribution in [0.1, 0.15) is 19.3 Å². The summed E-state index contributed by atoms with van der Waals surface area (Å²) >= 11 is 0. The van der Waals surface area contributed by atoms with Crippen molar-refractivity contribution in [2.75, 3.05) is 0 Å². The molecule has 1 aliphatic carbocycles. The lowest BCUT2D eigenvalue weighted by molar-refractivity contribution is 0.145. The van der Waals surface area contributed by atoms with E-state index in [4.69, 9.17) is 0 Å². The fraction of sp³-hybridized carbons (Fsp3) is 1.00. The number of rotatable bonds is 0. The lowest BCUT2D eigenvalue weighted by Gasteiger charge is -2.21. The summed E-state index contributed by atoms with van der Waals surface area (Å²) in [5.74, 6) is 0. The number of hydrogen-bond donors (Lipinski definition) is 1. The molecule has 0 aromatic heterocycles. The van der Waals surface area contributed by atoms with Crippen molar-refractivity contribution < 1.29 is 13.5 Å². The van der Waals surface area contributed by atoms with Gasteiger partial charge in [0.1, 0.15) is 0 Å². The van der Waals surface area contributed by atoms with E-state index in [-0.39, 0.29) is 5.25 Å². The summed E-state index contributed by atoms with van der Waals surface area (Å²) in [5.41, 5.74) is 0.